The first-order chi connectivity index (χ1) is 8.61. The number of hydrogen-bond donors (Lipinski definition) is 2. The molecule has 2 rings (SSSR count). The Morgan fingerprint density at radius 3 is 2.61 bits per heavy atom. The van der Waals surface area contributed by atoms with Gasteiger partial charge in [-0.15, -0.1) is 0 Å². The second-order valence-electron chi connectivity index (χ2n) is 4.78. The van der Waals surface area contributed by atoms with E-state index in [1.165, 1.54) is 0 Å². The molecule has 0 amide bonds. The molecule has 0 spiro atoms. The molecule has 0 aliphatic heterocycles. The summed E-state index contributed by atoms with van der Waals surface area (Å²) in [5.41, 5.74) is 5.55. The highest BCUT2D eigenvalue weighted by Gasteiger charge is 2.25. The van der Waals surface area contributed by atoms with Crippen LogP contribution in [0.15, 0.2) is 12.1 Å². The van der Waals surface area contributed by atoms with Gasteiger partial charge in [-0.1, -0.05) is 12.8 Å². The van der Waals surface area contributed by atoms with Gasteiger partial charge < -0.3 is 11.1 Å². The van der Waals surface area contributed by atoms with Gasteiger partial charge >= 0.3 is 0 Å². The molecule has 2 unspecified atom stereocenters. The highest BCUT2D eigenvalue weighted by Crippen LogP contribution is 2.28. The maximum Gasteiger partial charge on any atom is 0.182 e. The summed E-state index contributed by atoms with van der Waals surface area (Å²) in [4.78, 5) is 0. The first kappa shape index (κ1) is 13.2. The third-order valence-electron chi connectivity index (χ3n) is 3.55. The largest absolute Gasteiger partial charge is 0.379 e. The van der Waals surface area contributed by atoms with E-state index >= 15 is 0 Å². The highest BCUT2D eigenvalue weighted by molar-refractivity contribution is 5.46. The van der Waals surface area contributed by atoms with Crippen LogP contribution >= 0.6 is 0 Å². The summed E-state index contributed by atoms with van der Waals surface area (Å²) in [5.74, 6) is -2.75. The fraction of sp³-hybridized carbons (Fsp3) is 0.538. The lowest BCUT2D eigenvalue weighted by atomic mass is 9.84. The molecule has 2 atom stereocenters. The van der Waals surface area contributed by atoms with Gasteiger partial charge in [-0.25, -0.2) is 13.2 Å². The van der Waals surface area contributed by atoms with E-state index < -0.39 is 17.5 Å². The average molecular weight is 258 g/mol. The maximum atomic E-state index is 13.5. The third kappa shape index (κ3) is 2.77. The summed E-state index contributed by atoms with van der Waals surface area (Å²) < 4.78 is 39.7. The predicted octanol–water partition coefficient (Wildman–Crippen LogP) is 3.03. The smallest absolute Gasteiger partial charge is 0.182 e. The molecule has 0 bridgehead atoms. The minimum atomic E-state index is -1.17. The van der Waals surface area contributed by atoms with Crippen molar-refractivity contribution in [2.24, 2.45) is 11.7 Å². The van der Waals surface area contributed by atoms with Crippen molar-refractivity contribution < 1.29 is 13.2 Å². The Morgan fingerprint density at radius 2 is 1.89 bits per heavy atom. The van der Waals surface area contributed by atoms with Crippen LogP contribution in [0.1, 0.15) is 25.7 Å². The fourth-order valence-corrected chi connectivity index (χ4v) is 2.54. The molecular weight excluding hydrogens is 241 g/mol. The summed E-state index contributed by atoms with van der Waals surface area (Å²) in [5, 5.41) is 2.90. The zero-order valence-corrected chi connectivity index (χ0v) is 10.1. The third-order valence-corrected chi connectivity index (χ3v) is 3.55. The van der Waals surface area contributed by atoms with E-state index in [0.717, 1.165) is 31.7 Å². The van der Waals surface area contributed by atoms with Gasteiger partial charge in [0.2, 0.25) is 0 Å². The second-order valence-corrected chi connectivity index (χ2v) is 4.78. The van der Waals surface area contributed by atoms with Crippen molar-refractivity contribution in [1.82, 2.24) is 0 Å². The van der Waals surface area contributed by atoms with Gasteiger partial charge in [-0.05, 0) is 25.3 Å². The summed E-state index contributed by atoms with van der Waals surface area (Å²) >= 11 is 0. The Kier molecular flexibility index (Phi) is 4.11. The van der Waals surface area contributed by atoms with Crippen molar-refractivity contribution in [3.8, 4) is 0 Å². The second kappa shape index (κ2) is 5.61. The van der Waals surface area contributed by atoms with E-state index in [1.807, 2.05) is 0 Å². The van der Waals surface area contributed by atoms with Crippen LogP contribution in [0.5, 0.6) is 0 Å². The van der Waals surface area contributed by atoms with Crippen molar-refractivity contribution in [1.29, 1.82) is 0 Å². The number of hydrogen-bond acceptors (Lipinski definition) is 2. The molecule has 1 saturated carbocycles. The Labute approximate surface area is 104 Å². The topological polar surface area (TPSA) is 38.0 Å². The molecule has 0 heterocycles. The first-order valence-electron chi connectivity index (χ1n) is 6.23. The molecule has 1 aromatic rings. The molecular formula is C13H17F3N2. The summed E-state index contributed by atoms with van der Waals surface area (Å²) in [7, 11) is 0. The van der Waals surface area contributed by atoms with Crippen molar-refractivity contribution in [2.75, 3.05) is 11.9 Å². The SMILES string of the molecule is NCC1CCCCC1Nc1cc(F)cc(F)c1F. The van der Waals surface area contributed by atoms with Crippen molar-refractivity contribution >= 4 is 5.69 Å². The van der Waals surface area contributed by atoms with Crippen molar-refractivity contribution in [2.45, 2.75) is 31.7 Å². The maximum absolute atomic E-state index is 13.5. The zero-order valence-electron chi connectivity index (χ0n) is 10.1. The molecule has 1 fully saturated rings. The first-order valence-corrected chi connectivity index (χ1v) is 6.23. The van der Waals surface area contributed by atoms with Crippen molar-refractivity contribution in [3.05, 3.63) is 29.6 Å². The lowest BCUT2D eigenvalue weighted by molar-refractivity contribution is 0.331. The van der Waals surface area contributed by atoms with Crippen LogP contribution in [0.4, 0.5) is 18.9 Å². The van der Waals surface area contributed by atoms with Crippen LogP contribution in [-0.4, -0.2) is 12.6 Å². The molecule has 0 saturated heterocycles. The van der Waals surface area contributed by atoms with Crippen LogP contribution in [0.25, 0.3) is 0 Å². The lowest BCUT2D eigenvalue weighted by Gasteiger charge is -2.32. The Morgan fingerprint density at radius 1 is 1.17 bits per heavy atom. The Balaban J connectivity index is 2.17. The van der Waals surface area contributed by atoms with Gasteiger partial charge in [0.1, 0.15) is 5.82 Å². The van der Waals surface area contributed by atoms with Gasteiger partial charge in [0.05, 0.1) is 5.69 Å². The molecule has 18 heavy (non-hydrogen) atoms. The molecule has 0 aromatic heterocycles. The fourth-order valence-electron chi connectivity index (χ4n) is 2.54. The molecule has 0 radical (unpaired) electrons. The molecule has 1 aliphatic carbocycles. The van der Waals surface area contributed by atoms with Crippen LogP contribution in [0.3, 0.4) is 0 Å². The van der Waals surface area contributed by atoms with Crippen molar-refractivity contribution in [3.63, 3.8) is 0 Å². The highest BCUT2D eigenvalue weighted by atomic mass is 19.2. The number of nitrogens with two attached hydrogens (primary N) is 1. The average Bonchev–Trinajstić information content (AvgIpc) is 2.36. The van der Waals surface area contributed by atoms with Crippen LogP contribution in [0, 0.1) is 23.4 Å². The number of anilines is 1. The van der Waals surface area contributed by atoms with E-state index in [9.17, 15) is 13.2 Å². The Bertz CT molecular complexity index is 423. The monoisotopic (exact) mass is 258 g/mol. The van der Waals surface area contributed by atoms with E-state index in [-0.39, 0.29) is 17.6 Å². The molecule has 1 aliphatic rings. The minimum Gasteiger partial charge on any atom is -0.379 e. The zero-order chi connectivity index (χ0) is 13.1. The van der Waals surface area contributed by atoms with E-state index in [0.29, 0.717) is 12.6 Å². The van der Waals surface area contributed by atoms with Gasteiger partial charge in [0.15, 0.2) is 11.6 Å². The molecule has 1 aromatic carbocycles. The lowest BCUT2D eigenvalue weighted by Crippen LogP contribution is -2.37. The van der Waals surface area contributed by atoms with Gasteiger partial charge in [-0.2, -0.15) is 0 Å². The van der Waals surface area contributed by atoms with E-state index in [1.54, 1.807) is 0 Å². The predicted molar refractivity (Wildman–Crippen MR) is 64.7 cm³/mol. The molecule has 5 heteroatoms. The molecule has 3 N–H and O–H groups in total. The normalized spacial score (nSPS) is 24.0. The molecule has 2 nitrogen and oxygen atoms in total. The summed E-state index contributed by atoms with van der Waals surface area (Å²) in [6.07, 6.45) is 3.93. The molecule has 100 valence electrons. The minimum absolute atomic E-state index is 0.0144. The number of nitrogens with one attached hydrogen (secondary N) is 1. The van der Waals surface area contributed by atoms with Crippen LogP contribution < -0.4 is 11.1 Å². The van der Waals surface area contributed by atoms with Gasteiger partial charge in [0, 0.05) is 18.2 Å². The number of rotatable bonds is 3. The quantitative estimate of drug-likeness (QED) is 0.818. The summed E-state index contributed by atoms with van der Waals surface area (Å²) in [6, 6.07) is 1.52. The van der Waals surface area contributed by atoms with E-state index in [4.69, 9.17) is 5.73 Å². The number of benzene rings is 1. The number of halogens is 3. The summed E-state index contributed by atoms with van der Waals surface area (Å²) in [6.45, 7) is 0.497. The Hall–Kier alpha value is -1.23. The van der Waals surface area contributed by atoms with Crippen LogP contribution in [0.2, 0.25) is 0 Å². The standard InChI is InChI=1S/C13H17F3N2/c14-9-5-10(15)13(16)12(6-9)18-11-4-2-1-3-8(11)7-17/h5-6,8,11,18H,1-4,7,17H2. The van der Waals surface area contributed by atoms with Gasteiger partial charge in [-0.3, -0.25) is 0 Å². The van der Waals surface area contributed by atoms with Gasteiger partial charge in [0.25, 0.3) is 0 Å². The van der Waals surface area contributed by atoms with Crippen LogP contribution in [-0.2, 0) is 0 Å². The van der Waals surface area contributed by atoms with E-state index in [2.05, 4.69) is 5.32 Å².